The molecule has 4 heteroatoms. The van der Waals surface area contributed by atoms with E-state index >= 15 is 0 Å². The van der Waals surface area contributed by atoms with Crippen molar-refractivity contribution in [3.63, 3.8) is 0 Å². The highest BCUT2D eigenvalue weighted by molar-refractivity contribution is 7.13. The van der Waals surface area contributed by atoms with Crippen molar-refractivity contribution in [1.82, 2.24) is 9.88 Å². The first kappa shape index (κ1) is 15.8. The first-order valence-electron chi connectivity index (χ1n) is 8.69. The smallest absolute Gasteiger partial charge is 0.273 e. The molecular formula is C20H24N2OS. The molecule has 2 bridgehead atoms. The van der Waals surface area contributed by atoms with Gasteiger partial charge in [0.15, 0.2) is 0 Å². The third kappa shape index (κ3) is 2.67. The third-order valence-corrected chi connectivity index (χ3v) is 6.40. The Balaban J connectivity index is 1.60. The molecule has 0 spiro atoms. The van der Waals surface area contributed by atoms with Gasteiger partial charge in [-0.05, 0) is 37.5 Å². The normalized spacial score (nSPS) is 28.1. The number of carbonyl (C=O) groups excluding carboxylic acids is 1. The van der Waals surface area contributed by atoms with Gasteiger partial charge in [-0.2, -0.15) is 0 Å². The summed E-state index contributed by atoms with van der Waals surface area (Å²) >= 11 is 1.56. The molecule has 1 amide bonds. The molecule has 4 rings (SSSR count). The molecule has 2 aliphatic rings. The highest BCUT2D eigenvalue weighted by Gasteiger charge is 2.52. The molecule has 2 atom stereocenters. The van der Waals surface area contributed by atoms with Gasteiger partial charge in [0.1, 0.15) is 10.7 Å². The summed E-state index contributed by atoms with van der Waals surface area (Å²) in [6, 6.07) is 10.1. The van der Waals surface area contributed by atoms with Crippen LogP contribution >= 0.6 is 11.3 Å². The Labute approximate surface area is 147 Å². The number of nitrogens with zero attached hydrogens (tertiary/aromatic N) is 2. The molecule has 24 heavy (non-hydrogen) atoms. The standard InChI is InChI=1S/C20H24N2OS/c1-19(2)9-14-10-20(3,13-19)22(11-14)18(23)16-12-24-17(21-16)15-7-5-4-6-8-15/h4-8,12,14H,9-11,13H2,1-3H3/t14-,20-/m1/s1. The van der Waals surface area contributed by atoms with Crippen molar-refractivity contribution in [2.24, 2.45) is 11.3 Å². The Bertz CT molecular complexity index is 767. The van der Waals surface area contributed by atoms with Crippen molar-refractivity contribution < 1.29 is 4.79 Å². The van der Waals surface area contributed by atoms with Crippen molar-refractivity contribution in [2.45, 2.75) is 45.6 Å². The fourth-order valence-corrected chi connectivity index (χ4v) is 5.82. The predicted octanol–water partition coefficient (Wildman–Crippen LogP) is 4.85. The first-order valence-corrected chi connectivity index (χ1v) is 9.57. The van der Waals surface area contributed by atoms with Crippen LogP contribution in [0.15, 0.2) is 35.7 Å². The van der Waals surface area contributed by atoms with Crippen LogP contribution in [-0.2, 0) is 0 Å². The van der Waals surface area contributed by atoms with Crippen LogP contribution in [0.2, 0.25) is 0 Å². The van der Waals surface area contributed by atoms with Crippen molar-refractivity contribution in [2.75, 3.05) is 6.54 Å². The van der Waals surface area contributed by atoms with E-state index in [1.54, 1.807) is 11.3 Å². The van der Waals surface area contributed by atoms with E-state index < -0.39 is 0 Å². The van der Waals surface area contributed by atoms with E-state index in [0.29, 0.717) is 17.0 Å². The van der Waals surface area contributed by atoms with Crippen LogP contribution < -0.4 is 0 Å². The second-order valence-corrected chi connectivity index (χ2v) is 9.29. The zero-order valence-corrected chi connectivity index (χ0v) is 15.4. The zero-order chi connectivity index (χ0) is 16.9. The topological polar surface area (TPSA) is 33.2 Å². The molecular weight excluding hydrogens is 316 g/mol. The van der Waals surface area contributed by atoms with Crippen LogP contribution in [0.1, 0.15) is 50.5 Å². The minimum Gasteiger partial charge on any atom is -0.332 e. The summed E-state index contributed by atoms with van der Waals surface area (Å²) in [6.45, 7) is 7.82. The Hall–Kier alpha value is -1.68. The molecule has 1 saturated heterocycles. The van der Waals surface area contributed by atoms with Crippen molar-refractivity contribution in [1.29, 1.82) is 0 Å². The molecule has 0 unspecified atom stereocenters. The quantitative estimate of drug-likeness (QED) is 0.783. The molecule has 3 nitrogen and oxygen atoms in total. The van der Waals surface area contributed by atoms with Gasteiger partial charge in [0, 0.05) is 23.0 Å². The number of hydrogen-bond donors (Lipinski definition) is 0. The lowest BCUT2D eigenvalue weighted by Crippen LogP contribution is -2.47. The number of benzene rings is 1. The summed E-state index contributed by atoms with van der Waals surface area (Å²) < 4.78 is 0. The molecule has 2 fully saturated rings. The number of carbonyl (C=O) groups is 1. The van der Waals surface area contributed by atoms with Crippen LogP contribution in [-0.4, -0.2) is 27.9 Å². The summed E-state index contributed by atoms with van der Waals surface area (Å²) in [5.41, 5.74) is 1.99. The Morgan fingerprint density at radius 2 is 1.96 bits per heavy atom. The number of likely N-dealkylation sites (tertiary alicyclic amines) is 1. The van der Waals surface area contributed by atoms with E-state index in [9.17, 15) is 4.79 Å². The van der Waals surface area contributed by atoms with Crippen LogP contribution in [0.3, 0.4) is 0 Å². The van der Waals surface area contributed by atoms with E-state index in [1.807, 2.05) is 35.7 Å². The van der Waals surface area contributed by atoms with Gasteiger partial charge in [-0.1, -0.05) is 44.2 Å². The number of aromatic nitrogens is 1. The molecule has 1 aliphatic heterocycles. The fraction of sp³-hybridized carbons (Fsp3) is 0.500. The minimum absolute atomic E-state index is 0.0139. The van der Waals surface area contributed by atoms with Gasteiger partial charge in [-0.15, -0.1) is 11.3 Å². The molecule has 0 N–H and O–H groups in total. The average Bonchev–Trinajstić information content (AvgIpc) is 3.09. The molecule has 1 aliphatic carbocycles. The molecule has 1 aromatic carbocycles. The predicted molar refractivity (Wildman–Crippen MR) is 98.1 cm³/mol. The Morgan fingerprint density at radius 1 is 1.21 bits per heavy atom. The molecule has 2 heterocycles. The van der Waals surface area contributed by atoms with Gasteiger partial charge in [0.25, 0.3) is 5.91 Å². The minimum atomic E-state index is -0.0139. The van der Waals surface area contributed by atoms with Gasteiger partial charge < -0.3 is 4.90 Å². The highest BCUT2D eigenvalue weighted by Crippen LogP contribution is 2.51. The maximum Gasteiger partial charge on any atom is 0.273 e. The van der Waals surface area contributed by atoms with Crippen LogP contribution in [0, 0.1) is 11.3 Å². The van der Waals surface area contributed by atoms with Crippen molar-refractivity contribution >= 4 is 17.2 Å². The molecule has 2 aromatic rings. The van der Waals surface area contributed by atoms with E-state index in [1.165, 1.54) is 6.42 Å². The summed E-state index contributed by atoms with van der Waals surface area (Å²) in [7, 11) is 0. The van der Waals surface area contributed by atoms with E-state index in [4.69, 9.17) is 0 Å². The zero-order valence-electron chi connectivity index (χ0n) is 14.6. The first-order chi connectivity index (χ1) is 11.4. The number of hydrogen-bond acceptors (Lipinski definition) is 3. The number of amides is 1. The number of fused-ring (bicyclic) bond motifs is 2. The lowest BCUT2D eigenvalue weighted by Gasteiger charge is -2.43. The summed E-state index contributed by atoms with van der Waals surface area (Å²) in [4.78, 5) is 19.9. The SMILES string of the molecule is CC1(C)C[C@H]2CN(C(=O)c3csc(-c4ccccc4)n3)[C@](C)(C2)C1. The van der Waals surface area contributed by atoms with E-state index in [0.717, 1.165) is 30.0 Å². The maximum atomic E-state index is 13.1. The fourth-order valence-electron chi connectivity index (χ4n) is 5.02. The largest absolute Gasteiger partial charge is 0.332 e. The molecule has 1 saturated carbocycles. The second-order valence-electron chi connectivity index (χ2n) is 8.43. The lowest BCUT2D eigenvalue weighted by atomic mass is 9.67. The Morgan fingerprint density at radius 3 is 2.71 bits per heavy atom. The maximum absolute atomic E-state index is 13.1. The molecule has 1 aromatic heterocycles. The molecule has 126 valence electrons. The van der Waals surface area contributed by atoms with Gasteiger partial charge in [-0.25, -0.2) is 4.98 Å². The summed E-state index contributed by atoms with van der Waals surface area (Å²) in [5, 5.41) is 2.84. The van der Waals surface area contributed by atoms with Gasteiger partial charge in [0.2, 0.25) is 0 Å². The third-order valence-electron chi connectivity index (χ3n) is 5.51. The van der Waals surface area contributed by atoms with Gasteiger partial charge in [-0.3, -0.25) is 4.79 Å². The number of thiazole rings is 1. The van der Waals surface area contributed by atoms with E-state index in [-0.39, 0.29) is 11.4 Å². The second kappa shape index (κ2) is 5.41. The van der Waals surface area contributed by atoms with Crippen molar-refractivity contribution in [3.8, 4) is 10.6 Å². The van der Waals surface area contributed by atoms with Crippen LogP contribution in [0.25, 0.3) is 10.6 Å². The molecule has 0 radical (unpaired) electrons. The highest BCUT2D eigenvalue weighted by atomic mass is 32.1. The Kier molecular flexibility index (Phi) is 3.57. The monoisotopic (exact) mass is 340 g/mol. The van der Waals surface area contributed by atoms with E-state index in [2.05, 4.69) is 30.7 Å². The van der Waals surface area contributed by atoms with Crippen LogP contribution in [0.5, 0.6) is 0 Å². The average molecular weight is 340 g/mol. The summed E-state index contributed by atoms with van der Waals surface area (Å²) in [5.74, 6) is 0.742. The van der Waals surface area contributed by atoms with Gasteiger partial charge >= 0.3 is 0 Å². The lowest BCUT2D eigenvalue weighted by molar-refractivity contribution is 0.0505. The van der Waals surface area contributed by atoms with Crippen molar-refractivity contribution in [3.05, 3.63) is 41.4 Å². The summed E-state index contributed by atoms with van der Waals surface area (Å²) in [6.07, 6.45) is 3.44. The number of rotatable bonds is 2. The van der Waals surface area contributed by atoms with Gasteiger partial charge in [0.05, 0.1) is 0 Å². The van der Waals surface area contributed by atoms with Crippen LogP contribution in [0.4, 0.5) is 0 Å².